The molecule has 3 atom stereocenters. The van der Waals surface area contributed by atoms with E-state index in [0.29, 0.717) is 18.6 Å². The van der Waals surface area contributed by atoms with Crippen molar-refractivity contribution in [2.24, 2.45) is 11.8 Å². The molecule has 3 heteroatoms. The van der Waals surface area contributed by atoms with Crippen LogP contribution in [-0.4, -0.2) is 17.0 Å². The van der Waals surface area contributed by atoms with Crippen molar-refractivity contribution in [3.8, 4) is 6.07 Å². The first-order chi connectivity index (χ1) is 13.2. The molecule has 1 aromatic carbocycles. The molecule has 1 fully saturated rings. The maximum Gasteiger partial charge on any atom is 0.136 e. The number of nitrogens with zero attached hydrogens (tertiary/aromatic N) is 1. The summed E-state index contributed by atoms with van der Waals surface area (Å²) in [6.45, 7) is 2.16. The molecule has 1 aliphatic carbocycles. The second kappa shape index (κ2) is 11.7. The highest BCUT2D eigenvalue weighted by molar-refractivity contribution is 5.84. The van der Waals surface area contributed by atoms with E-state index in [1.807, 2.05) is 18.2 Å². The van der Waals surface area contributed by atoms with Gasteiger partial charge in [0, 0.05) is 18.8 Å². The second-order valence-electron chi connectivity index (χ2n) is 7.71. The fourth-order valence-electron chi connectivity index (χ4n) is 4.00. The monoisotopic (exact) mass is 367 g/mol. The number of hydrogen-bond acceptors (Lipinski definition) is 3. The van der Waals surface area contributed by atoms with Gasteiger partial charge in [-0.05, 0) is 49.1 Å². The van der Waals surface area contributed by atoms with Gasteiger partial charge in [0.1, 0.15) is 5.78 Å². The third-order valence-corrected chi connectivity index (χ3v) is 5.63. The largest absolute Gasteiger partial charge is 0.389 e. The Balaban J connectivity index is 1.99. The van der Waals surface area contributed by atoms with Crippen molar-refractivity contribution < 1.29 is 9.90 Å². The first-order valence-electron chi connectivity index (χ1n) is 10.5. The standard InChI is InChI=1S/C24H33NO2/c1-2-3-4-12-22(26)15-13-20-14-16-24(27)23(20)18-21-11-6-5-9-19(21)10-7-8-17-25/h5-6,9,11,13,15,20,22-23,26H,2-4,7-8,10,12,14,16,18H2,1H3/b15-13+/t20-,22-,23+/m0/s1. The van der Waals surface area contributed by atoms with E-state index in [4.69, 9.17) is 5.26 Å². The van der Waals surface area contributed by atoms with Crippen molar-refractivity contribution in [2.75, 3.05) is 0 Å². The Morgan fingerprint density at radius 3 is 2.78 bits per heavy atom. The predicted octanol–water partition coefficient (Wildman–Crippen LogP) is 5.17. The zero-order valence-electron chi connectivity index (χ0n) is 16.6. The summed E-state index contributed by atoms with van der Waals surface area (Å²) in [5.41, 5.74) is 2.49. The highest BCUT2D eigenvalue weighted by atomic mass is 16.3. The molecule has 0 aliphatic heterocycles. The topological polar surface area (TPSA) is 61.1 Å². The van der Waals surface area contributed by atoms with Crippen LogP contribution in [-0.2, 0) is 17.6 Å². The Kier molecular flexibility index (Phi) is 9.28. The third kappa shape index (κ3) is 6.96. The number of unbranched alkanes of at least 4 members (excludes halogenated alkanes) is 3. The van der Waals surface area contributed by atoms with Gasteiger partial charge < -0.3 is 5.11 Å². The van der Waals surface area contributed by atoms with Crippen molar-refractivity contribution in [1.82, 2.24) is 0 Å². The Hall–Kier alpha value is -1.92. The van der Waals surface area contributed by atoms with Gasteiger partial charge in [-0.25, -0.2) is 0 Å². The van der Waals surface area contributed by atoms with E-state index in [-0.39, 0.29) is 11.8 Å². The summed E-state index contributed by atoms with van der Waals surface area (Å²) in [6.07, 6.45) is 12.4. The minimum Gasteiger partial charge on any atom is -0.389 e. The number of allylic oxidation sites excluding steroid dienone is 1. The van der Waals surface area contributed by atoms with Crippen LogP contribution in [0.3, 0.4) is 0 Å². The van der Waals surface area contributed by atoms with Crippen LogP contribution in [0.15, 0.2) is 36.4 Å². The number of carbonyl (C=O) groups excluding carboxylic acids is 1. The molecule has 0 bridgehead atoms. The summed E-state index contributed by atoms with van der Waals surface area (Å²) in [6, 6.07) is 10.5. The quantitative estimate of drug-likeness (QED) is 0.434. The number of benzene rings is 1. The molecule has 1 aromatic rings. The van der Waals surface area contributed by atoms with Gasteiger partial charge in [-0.15, -0.1) is 0 Å². The lowest BCUT2D eigenvalue weighted by molar-refractivity contribution is -0.121. The van der Waals surface area contributed by atoms with Gasteiger partial charge in [0.15, 0.2) is 0 Å². The summed E-state index contributed by atoms with van der Waals surface area (Å²) in [7, 11) is 0. The van der Waals surface area contributed by atoms with Gasteiger partial charge in [-0.3, -0.25) is 4.79 Å². The number of ketones is 1. The minimum atomic E-state index is -0.397. The fraction of sp³-hybridized carbons (Fsp3) is 0.583. The lowest BCUT2D eigenvalue weighted by Gasteiger charge is -2.18. The van der Waals surface area contributed by atoms with Crippen molar-refractivity contribution in [2.45, 2.75) is 77.2 Å². The van der Waals surface area contributed by atoms with Gasteiger partial charge >= 0.3 is 0 Å². The van der Waals surface area contributed by atoms with Crippen molar-refractivity contribution >= 4 is 5.78 Å². The molecule has 3 nitrogen and oxygen atoms in total. The molecular weight excluding hydrogens is 334 g/mol. The minimum absolute atomic E-state index is 0.0150. The van der Waals surface area contributed by atoms with Crippen LogP contribution in [0.1, 0.15) is 69.4 Å². The number of aryl methyl sites for hydroxylation is 1. The lowest BCUT2D eigenvalue weighted by Crippen LogP contribution is -2.17. The number of Topliss-reactive ketones (excluding diaryl/α,β-unsaturated/α-hetero) is 1. The van der Waals surface area contributed by atoms with Crippen molar-refractivity contribution in [1.29, 1.82) is 5.26 Å². The molecule has 1 N–H and O–H groups in total. The fourth-order valence-corrected chi connectivity index (χ4v) is 4.00. The van der Waals surface area contributed by atoms with Crippen LogP contribution in [0.25, 0.3) is 0 Å². The molecule has 0 radical (unpaired) electrons. The Bertz CT molecular complexity index is 659. The smallest absolute Gasteiger partial charge is 0.136 e. The van der Waals surface area contributed by atoms with Crippen LogP contribution >= 0.6 is 0 Å². The molecule has 1 aliphatic rings. The Morgan fingerprint density at radius 1 is 1.26 bits per heavy atom. The molecule has 0 amide bonds. The summed E-state index contributed by atoms with van der Waals surface area (Å²) in [4.78, 5) is 12.5. The second-order valence-corrected chi connectivity index (χ2v) is 7.71. The molecule has 146 valence electrons. The highest BCUT2D eigenvalue weighted by Crippen LogP contribution is 2.33. The van der Waals surface area contributed by atoms with E-state index < -0.39 is 6.10 Å². The van der Waals surface area contributed by atoms with E-state index in [2.05, 4.69) is 31.2 Å². The van der Waals surface area contributed by atoms with Crippen LogP contribution in [0.5, 0.6) is 0 Å². The molecule has 0 saturated heterocycles. The third-order valence-electron chi connectivity index (χ3n) is 5.63. The first-order valence-corrected chi connectivity index (χ1v) is 10.5. The van der Waals surface area contributed by atoms with E-state index in [1.54, 1.807) is 0 Å². The SMILES string of the molecule is CCCCC[C@H](O)/C=C/[C@H]1CCC(=O)[C@@H]1Cc1ccccc1CCCC#N. The average Bonchev–Trinajstić information content (AvgIpc) is 3.01. The molecule has 0 aromatic heterocycles. The maximum absolute atomic E-state index is 12.5. The number of aliphatic hydroxyl groups excluding tert-OH is 1. The number of hydrogen-bond donors (Lipinski definition) is 1. The van der Waals surface area contributed by atoms with Gasteiger partial charge in [-0.2, -0.15) is 5.26 Å². The van der Waals surface area contributed by atoms with Gasteiger partial charge in [-0.1, -0.05) is 62.6 Å². The van der Waals surface area contributed by atoms with Crippen LogP contribution in [0.2, 0.25) is 0 Å². The average molecular weight is 368 g/mol. The lowest BCUT2D eigenvalue weighted by atomic mass is 9.86. The number of rotatable bonds is 11. The number of nitriles is 1. The van der Waals surface area contributed by atoms with Crippen LogP contribution < -0.4 is 0 Å². The predicted molar refractivity (Wildman–Crippen MR) is 109 cm³/mol. The van der Waals surface area contributed by atoms with E-state index in [0.717, 1.165) is 51.4 Å². The Labute approximate surface area is 164 Å². The van der Waals surface area contributed by atoms with Gasteiger partial charge in [0.25, 0.3) is 0 Å². The molecule has 0 spiro atoms. The zero-order valence-corrected chi connectivity index (χ0v) is 16.6. The molecular formula is C24H33NO2. The maximum atomic E-state index is 12.5. The molecule has 27 heavy (non-hydrogen) atoms. The van der Waals surface area contributed by atoms with E-state index >= 15 is 0 Å². The highest BCUT2D eigenvalue weighted by Gasteiger charge is 2.33. The zero-order chi connectivity index (χ0) is 19.5. The molecule has 2 rings (SSSR count). The van der Waals surface area contributed by atoms with Crippen molar-refractivity contribution in [3.05, 3.63) is 47.5 Å². The molecule has 1 saturated carbocycles. The summed E-state index contributed by atoms with van der Waals surface area (Å²) < 4.78 is 0. The van der Waals surface area contributed by atoms with Gasteiger partial charge in [0.2, 0.25) is 0 Å². The summed E-state index contributed by atoms with van der Waals surface area (Å²) in [5, 5.41) is 18.9. The molecule has 0 heterocycles. The number of carbonyl (C=O) groups is 1. The van der Waals surface area contributed by atoms with Crippen LogP contribution in [0.4, 0.5) is 0 Å². The Morgan fingerprint density at radius 2 is 2.04 bits per heavy atom. The summed E-state index contributed by atoms with van der Waals surface area (Å²) in [5.74, 6) is 0.587. The normalized spacial score (nSPS) is 20.9. The first kappa shape index (κ1) is 21.4. The van der Waals surface area contributed by atoms with E-state index in [1.165, 1.54) is 11.1 Å². The molecule has 0 unspecified atom stereocenters. The van der Waals surface area contributed by atoms with E-state index in [9.17, 15) is 9.90 Å². The van der Waals surface area contributed by atoms with Gasteiger partial charge in [0.05, 0.1) is 12.2 Å². The van der Waals surface area contributed by atoms with Crippen LogP contribution in [0, 0.1) is 23.2 Å². The number of aliphatic hydroxyl groups is 1. The van der Waals surface area contributed by atoms with Crippen molar-refractivity contribution in [3.63, 3.8) is 0 Å². The summed E-state index contributed by atoms with van der Waals surface area (Å²) >= 11 is 0.